The second-order valence-corrected chi connectivity index (χ2v) is 3.48. The number of azide groups is 1. The summed E-state index contributed by atoms with van der Waals surface area (Å²) in [7, 11) is 0. The largest absolute Gasteiger partial charge is 0.416 e. The van der Waals surface area contributed by atoms with E-state index in [0.29, 0.717) is 0 Å². The fourth-order valence-electron chi connectivity index (χ4n) is 1.42. The van der Waals surface area contributed by atoms with Crippen molar-refractivity contribution in [2.45, 2.75) is 19.1 Å². The van der Waals surface area contributed by atoms with E-state index in [1.807, 2.05) is 0 Å². The van der Waals surface area contributed by atoms with Gasteiger partial charge in [-0.25, -0.2) is 0 Å². The number of hydrogen-bond acceptors (Lipinski definition) is 2. The fraction of sp³-hybridized carbons (Fsp3) is 0.400. The second-order valence-electron chi connectivity index (χ2n) is 3.48. The Morgan fingerprint density at radius 1 is 1.47 bits per heavy atom. The fourth-order valence-corrected chi connectivity index (χ4v) is 1.42. The summed E-state index contributed by atoms with van der Waals surface area (Å²) in [5.41, 5.74) is 7.67. The molecule has 92 valence electrons. The standard InChI is InChI=1S/C10H10F3N3O/c1-6-2-3-7(9(5-17)15-16-14)4-8(6)10(11,12)13/h2-4,9,17H,5H2,1H3. The van der Waals surface area contributed by atoms with Gasteiger partial charge in [0.2, 0.25) is 0 Å². The maximum absolute atomic E-state index is 12.6. The third-order valence-corrected chi connectivity index (χ3v) is 2.32. The summed E-state index contributed by atoms with van der Waals surface area (Å²) >= 11 is 0. The van der Waals surface area contributed by atoms with E-state index in [2.05, 4.69) is 10.0 Å². The van der Waals surface area contributed by atoms with E-state index in [-0.39, 0.29) is 11.1 Å². The third-order valence-electron chi connectivity index (χ3n) is 2.32. The topological polar surface area (TPSA) is 69.0 Å². The van der Waals surface area contributed by atoms with Crippen molar-refractivity contribution in [1.82, 2.24) is 0 Å². The van der Waals surface area contributed by atoms with Crippen molar-refractivity contribution in [3.63, 3.8) is 0 Å². The smallest absolute Gasteiger partial charge is 0.396 e. The van der Waals surface area contributed by atoms with E-state index in [1.165, 1.54) is 19.1 Å². The van der Waals surface area contributed by atoms with Gasteiger partial charge in [0, 0.05) is 4.91 Å². The molecule has 1 aromatic carbocycles. The van der Waals surface area contributed by atoms with E-state index >= 15 is 0 Å². The Morgan fingerprint density at radius 3 is 2.59 bits per heavy atom. The molecule has 0 amide bonds. The molecule has 1 unspecified atom stereocenters. The molecule has 1 aromatic rings. The Kier molecular flexibility index (Phi) is 3.98. The number of benzene rings is 1. The average Bonchev–Trinajstić information content (AvgIpc) is 2.25. The zero-order valence-electron chi connectivity index (χ0n) is 8.94. The molecule has 0 fully saturated rings. The molecule has 0 radical (unpaired) electrons. The van der Waals surface area contributed by atoms with Crippen molar-refractivity contribution >= 4 is 0 Å². The molecule has 4 nitrogen and oxygen atoms in total. The van der Waals surface area contributed by atoms with Gasteiger partial charge >= 0.3 is 6.18 Å². The highest BCUT2D eigenvalue weighted by Crippen LogP contribution is 2.33. The van der Waals surface area contributed by atoms with Crippen LogP contribution in [0.5, 0.6) is 0 Å². The molecule has 0 spiro atoms. The van der Waals surface area contributed by atoms with Gasteiger partial charge in [-0.15, -0.1) is 0 Å². The number of nitrogens with zero attached hydrogens (tertiary/aromatic N) is 3. The lowest BCUT2D eigenvalue weighted by Gasteiger charge is -2.14. The summed E-state index contributed by atoms with van der Waals surface area (Å²) in [5, 5.41) is 12.2. The van der Waals surface area contributed by atoms with E-state index in [4.69, 9.17) is 10.6 Å². The lowest BCUT2D eigenvalue weighted by Crippen LogP contribution is -2.10. The van der Waals surface area contributed by atoms with Crippen molar-refractivity contribution in [3.8, 4) is 0 Å². The molecule has 0 saturated heterocycles. The number of aryl methyl sites for hydroxylation is 1. The minimum Gasteiger partial charge on any atom is -0.396 e. The van der Waals surface area contributed by atoms with Crippen molar-refractivity contribution in [1.29, 1.82) is 0 Å². The van der Waals surface area contributed by atoms with Crippen LogP contribution in [0.25, 0.3) is 10.4 Å². The maximum atomic E-state index is 12.6. The molecule has 1 rings (SSSR count). The molecule has 0 aliphatic heterocycles. The van der Waals surface area contributed by atoms with Crippen molar-refractivity contribution < 1.29 is 18.3 Å². The van der Waals surface area contributed by atoms with Gasteiger partial charge in [-0.2, -0.15) is 13.2 Å². The molecule has 0 heterocycles. The quantitative estimate of drug-likeness (QED) is 0.495. The molecular weight excluding hydrogens is 235 g/mol. The van der Waals surface area contributed by atoms with Gasteiger partial charge in [0.05, 0.1) is 18.2 Å². The van der Waals surface area contributed by atoms with Crippen molar-refractivity contribution in [3.05, 3.63) is 45.3 Å². The Bertz CT molecular complexity index is 453. The van der Waals surface area contributed by atoms with Gasteiger partial charge in [-0.1, -0.05) is 17.2 Å². The first-order valence-electron chi connectivity index (χ1n) is 4.73. The zero-order valence-corrected chi connectivity index (χ0v) is 8.94. The Balaban J connectivity index is 3.25. The van der Waals surface area contributed by atoms with Gasteiger partial charge < -0.3 is 5.11 Å². The molecule has 1 atom stereocenters. The van der Waals surface area contributed by atoms with Crippen molar-refractivity contribution in [2.75, 3.05) is 6.61 Å². The Morgan fingerprint density at radius 2 is 2.12 bits per heavy atom. The van der Waals surface area contributed by atoms with Crippen LogP contribution in [0.1, 0.15) is 22.7 Å². The van der Waals surface area contributed by atoms with E-state index in [9.17, 15) is 13.2 Å². The summed E-state index contributed by atoms with van der Waals surface area (Å²) in [6.45, 7) is 0.804. The predicted octanol–water partition coefficient (Wildman–Crippen LogP) is 3.36. The van der Waals surface area contributed by atoms with Crippen LogP contribution >= 0.6 is 0 Å². The minimum atomic E-state index is -4.46. The van der Waals surface area contributed by atoms with Crippen LogP contribution in [0.15, 0.2) is 23.3 Å². The van der Waals surface area contributed by atoms with E-state index in [1.54, 1.807) is 0 Å². The lowest BCUT2D eigenvalue weighted by atomic mass is 10.0. The minimum absolute atomic E-state index is 0.0823. The first kappa shape index (κ1) is 13.3. The highest BCUT2D eigenvalue weighted by Gasteiger charge is 2.32. The van der Waals surface area contributed by atoms with Crippen LogP contribution in [-0.4, -0.2) is 11.7 Å². The Labute approximate surface area is 95.3 Å². The lowest BCUT2D eigenvalue weighted by molar-refractivity contribution is -0.138. The van der Waals surface area contributed by atoms with Crippen LogP contribution < -0.4 is 0 Å². The SMILES string of the molecule is Cc1ccc(C(CO)N=[N+]=[N-])cc1C(F)(F)F. The van der Waals surface area contributed by atoms with Gasteiger partial charge in [0.1, 0.15) is 0 Å². The first-order valence-corrected chi connectivity index (χ1v) is 4.73. The highest BCUT2D eigenvalue weighted by molar-refractivity contribution is 5.34. The average molecular weight is 245 g/mol. The van der Waals surface area contributed by atoms with Crippen LogP contribution in [-0.2, 0) is 6.18 Å². The van der Waals surface area contributed by atoms with Gasteiger partial charge in [-0.3, -0.25) is 0 Å². The van der Waals surface area contributed by atoms with Gasteiger partial charge in [0.25, 0.3) is 0 Å². The number of halogens is 3. The van der Waals surface area contributed by atoms with Crippen LogP contribution in [0.3, 0.4) is 0 Å². The second kappa shape index (κ2) is 5.07. The maximum Gasteiger partial charge on any atom is 0.416 e. The monoisotopic (exact) mass is 245 g/mol. The molecule has 0 aliphatic carbocycles. The molecule has 7 heteroatoms. The molecule has 1 N–H and O–H groups in total. The number of aliphatic hydroxyl groups excluding tert-OH is 1. The summed E-state index contributed by atoms with van der Waals surface area (Å²) in [6.07, 6.45) is -4.46. The Hall–Kier alpha value is -1.72. The van der Waals surface area contributed by atoms with Gasteiger partial charge in [0.15, 0.2) is 0 Å². The number of alkyl halides is 3. The van der Waals surface area contributed by atoms with Crippen LogP contribution in [0.2, 0.25) is 0 Å². The summed E-state index contributed by atoms with van der Waals surface area (Å²) in [5.74, 6) is 0. The zero-order chi connectivity index (χ0) is 13.1. The molecule has 0 bridgehead atoms. The van der Waals surface area contributed by atoms with Crippen LogP contribution in [0.4, 0.5) is 13.2 Å². The van der Waals surface area contributed by atoms with Crippen LogP contribution in [0, 0.1) is 6.92 Å². The number of hydrogen-bond donors (Lipinski definition) is 1. The molecular formula is C10H10F3N3O. The third kappa shape index (κ3) is 3.12. The van der Waals surface area contributed by atoms with Crippen molar-refractivity contribution in [2.24, 2.45) is 5.11 Å². The van der Waals surface area contributed by atoms with E-state index < -0.39 is 24.4 Å². The molecule has 17 heavy (non-hydrogen) atoms. The number of aliphatic hydroxyl groups is 1. The number of rotatable bonds is 3. The summed E-state index contributed by atoms with van der Waals surface area (Å²) in [4.78, 5) is 2.48. The first-order chi connectivity index (χ1) is 7.90. The molecule has 0 aromatic heterocycles. The predicted molar refractivity (Wildman–Crippen MR) is 55.2 cm³/mol. The molecule has 0 aliphatic rings. The van der Waals surface area contributed by atoms with E-state index in [0.717, 1.165) is 6.07 Å². The summed E-state index contributed by atoms with van der Waals surface area (Å²) < 4.78 is 37.8. The summed E-state index contributed by atoms with van der Waals surface area (Å²) in [6, 6.07) is 2.58. The molecule has 0 saturated carbocycles. The van der Waals surface area contributed by atoms with Gasteiger partial charge in [-0.05, 0) is 29.6 Å². The normalized spacial score (nSPS) is 13.0. The highest BCUT2D eigenvalue weighted by atomic mass is 19.4.